The second-order valence-corrected chi connectivity index (χ2v) is 8.05. The zero-order valence-corrected chi connectivity index (χ0v) is 17.8. The third-order valence-corrected chi connectivity index (χ3v) is 5.79. The predicted molar refractivity (Wildman–Crippen MR) is 113 cm³/mol. The number of non-ortho nitro benzene ring substituents is 1. The highest BCUT2D eigenvalue weighted by molar-refractivity contribution is 5.97. The molecule has 2 aliphatic heterocycles. The Hall–Kier alpha value is -3.01. The molecule has 168 valence electrons. The lowest BCUT2D eigenvalue weighted by atomic mass is 10.1. The molecule has 1 atom stereocenters. The number of carbonyl (C=O) groups excluding carboxylic acids is 3. The summed E-state index contributed by atoms with van der Waals surface area (Å²) in [4.78, 5) is 53.5. The number of nitrogens with zero attached hydrogens (tertiary/aromatic N) is 4. The number of hydrogen-bond acceptors (Lipinski definition) is 6. The van der Waals surface area contributed by atoms with Crippen molar-refractivity contribution in [3.63, 3.8) is 0 Å². The molecule has 2 fully saturated rings. The SMILES string of the molecule is C[C@H](NC(=O)c1cccc([N+](=O)[O-])c1)C(=O)N1CCN(CC(=O)N2CCCCC2)CC1. The summed E-state index contributed by atoms with van der Waals surface area (Å²) in [5, 5.41) is 13.5. The highest BCUT2D eigenvalue weighted by Crippen LogP contribution is 2.14. The van der Waals surface area contributed by atoms with Crippen LogP contribution in [0.1, 0.15) is 36.5 Å². The predicted octanol–water partition coefficient (Wildman–Crippen LogP) is 0.870. The van der Waals surface area contributed by atoms with Crippen molar-refractivity contribution in [2.24, 2.45) is 0 Å². The quantitative estimate of drug-likeness (QED) is 0.528. The van der Waals surface area contributed by atoms with Gasteiger partial charge >= 0.3 is 0 Å². The van der Waals surface area contributed by atoms with Crippen LogP contribution in [0.5, 0.6) is 0 Å². The average Bonchev–Trinajstić information content (AvgIpc) is 2.79. The molecule has 0 radical (unpaired) electrons. The number of benzene rings is 1. The van der Waals surface area contributed by atoms with E-state index in [4.69, 9.17) is 0 Å². The fourth-order valence-electron chi connectivity index (χ4n) is 3.94. The van der Waals surface area contributed by atoms with E-state index in [9.17, 15) is 24.5 Å². The van der Waals surface area contributed by atoms with Crippen molar-refractivity contribution < 1.29 is 19.3 Å². The Labute approximate surface area is 181 Å². The van der Waals surface area contributed by atoms with Gasteiger partial charge in [-0.05, 0) is 32.3 Å². The highest BCUT2D eigenvalue weighted by atomic mass is 16.6. The van der Waals surface area contributed by atoms with Crippen LogP contribution in [0.2, 0.25) is 0 Å². The van der Waals surface area contributed by atoms with E-state index in [1.165, 1.54) is 30.7 Å². The van der Waals surface area contributed by atoms with Crippen molar-refractivity contribution in [3.05, 3.63) is 39.9 Å². The molecule has 0 spiro atoms. The van der Waals surface area contributed by atoms with Crippen molar-refractivity contribution in [2.75, 3.05) is 45.8 Å². The van der Waals surface area contributed by atoms with Crippen molar-refractivity contribution in [3.8, 4) is 0 Å². The number of piperidine rings is 1. The maximum atomic E-state index is 12.7. The zero-order chi connectivity index (χ0) is 22.4. The highest BCUT2D eigenvalue weighted by Gasteiger charge is 2.28. The van der Waals surface area contributed by atoms with Crippen LogP contribution in [0.15, 0.2) is 24.3 Å². The standard InChI is InChI=1S/C21H29N5O5/c1-16(22-20(28)17-6-5-7-18(14-17)26(30)31)21(29)25-12-10-23(11-13-25)15-19(27)24-8-3-2-4-9-24/h5-7,14,16H,2-4,8-13,15H2,1H3,(H,22,28)/t16-/m0/s1. The van der Waals surface area contributed by atoms with Gasteiger partial charge in [0.05, 0.1) is 11.5 Å². The minimum Gasteiger partial charge on any atom is -0.342 e. The molecule has 0 unspecified atom stereocenters. The molecule has 1 aromatic carbocycles. The summed E-state index contributed by atoms with van der Waals surface area (Å²) in [6, 6.07) is 4.64. The van der Waals surface area contributed by atoms with Crippen molar-refractivity contribution in [2.45, 2.75) is 32.2 Å². The van der Waals surface area contributed by atoms with Gasteiger partial charge in [0, 0.05) is 57.0 Å². The lowest BCUT2D eigenvalue weighted by molar-refractivity contribution is -0.384. The molecule has 3 rings (SSSR count). The first-order valence-electron chi connectivity index (χ1n) is 10.7. The molecule has 2 saturated heterocycles. The van der Waals surface area contributed by atoms with Gasteiger partial charge in [-0.15, -0.1) is 0 Å². The number of amides is 3. The van der Waals surface area contributed by atoms with Crippen molar-refractivity contribution in [1.29, 1.82) is 0 Å². The molecule has 0 aliphatic carbocycles. The molecule has 2 heterocycles. The maximum absolute atomic E-state index is 12.7. The molecule has 10 heteroatoms. The summed E-state index contributed by atoms with van der Waals surface area (Å²) in [7, 11) is 0. The van der Waals surface area contributed by atoms with E-state index in [2.05, 4.69) is 10.2 Å². The van der Waals surface area contributed by atoms with Gasteiger partial charge in [0.25, 0.3) is 11.6 Å². The summed E-state index contributed by atoms with van der Waals surface area (Å²) in [5.41, 5.74) is -0.0447. The molecule has 2 aliphatic rings. The summed E-state index contributed by atoms with van der Waals surface area (Å²) in [5.74, 6) is -0.590. The fourth-order valence-corrected chi connectivity index (χ4v) is 3.94. The molecular weight excluding hydrogens is 402 g/mol. The van der Waals surface area contributed by atoms with Crippen LogP contribution in [0.25, 0.3) is 0 Å². The van der Waals surface area contributed by atoms with Crippen LogP contribution in [0.4, 0.5) is 5.69 Å². The normalized spacial score (nSPS) is 18.4. The minimum absolute atomic E-state index is 0.134. The van der Waals surface area contributed by atoms with Gasteiger partial charge in [-0.1, -0.05) is 6.07 Å². The van der Waals surface area contributed by atoms with E-state index < -0.39 is 16.9 Å². The summed E-state index contributed by atoms with van der Waals surface area (Å²) in [6.07, 6.45) is 3.31. The van der Waals surface area contributed by atoms with Gasteiger partial charge in [-0.25, -0.2) is 0 Å². The summed E-state index contributed by atoms with van der Waals surface area (Å²) < 4.78 is 0. The smallest absolute Gasteiger partial charge is 0.270 e. The van der Waals surface area contributed by atoms with Crippen LogP contribution < -0.4 is 5.32 Å². The second kappa shape index (κ2) is 10.3. The van der Waals surface area contributed by atoms with E-state index in [1.54, 1.807) is 11.8 Å². The van der Waals surface area contributed by atoms with E-state index in [1.807, 2.05) is 4.90 Å². The number of nitro groups is 1. The Kier molecular flexibility index (Phi) is 7.56. The van der Waals surface area contributed by atoms with Gasteiger partial charge in [0.2, 0.25) is 11.8 Å². The number of carbonyl (C=O) groups is 3. The van der Waals surface area contributed by atoms with Crippen molar-refractivity contribution in [1.82, 2.24) is 20.0 Å². The molecule has 31 heavy (non-hydrogen) atoms. The number of nitrogens with one attached hydrogen (secondary N) is 1. The first kappa shape index (κ1) is 22.7. The van der Waals surface area contributed by atoms with Crippen LogP contribution in [0.3, 0.4) is 0 Å². The molecule has 3 amide bonds. The lowest BCUT2D eigenvalue weighted by Crippen LogP contribution is -2.55. The van der Waals surface area contributed by atoms with Crippen LogP contribution >= 0.6 is 0 Å². The average molecular weight is 431 g/mol. The first-order valence-corrected chi connectivity index (χ1v) is 10.7. The Morgan fingerprint density at radius 1 is 1.03 bits per heavy atom. The van der Waals surface area contributed by atoms with E-state index in [0.29, 0.717) is 32.7 Å². The second-order valence-electron chi connectivity index (χ2n) is 8.05. The number of rotatable bonds is 6. The molecule has 1 aromatic rings. The Morgan fingerprint density at radius 3 is 2.35 bits per heavy atom. The molecule has 0 saturated carbocycles. The molecular formula is C21H29N5O5. The van der Waals surface area contributed by atoms with Crippen molar-refractivity contribution >= 4 is 23.4 Å². The number of likely N-dealkylation sites (tertiary alicyclic amines) is 1. The van der Waals surface area contributed by atoms with Gasteiger partial charge in [-0.2, -0.15) is 0 Å². The molecule has 1 N–H and O–H groups in total. The first-order chi connectivity index (χ1) is 14.8. The summed E-state index contributed by atoms with van der Waals surface area (Å²) in [6.45, 7) is 5.84. The van der Waals surface area contributed by atoms with Gasteiger partial charge in [0.15, 0.2) is 0 Å². The Morgan fingerprint density at radius 2 is 1.71 bits per heavy atom. The Bertz CT molecular complexity index is 831. The third kappa shape index (κ3) is 6.00. The largest absolute Gasteiger partial charge is 0.342 e. The Balaban J connectivity index is 1.46. The van der Waals surface area contributed by atoms with Crippen LogP contribution in [-0.4, -0.2) is 89.2 Å². The topological polar surface area (TPSA) is 116 Å². The lowest BCUT2D eigenvalue weighted by Gasteiger charge is -2.37. The molecule has 0 aromatic heterocycles. The zero-order valence-electron chi connectivity index (χ0n) is 17.8. The third-order valence-electron chi connectivity index (χ3n) is 5.79. The summed E-state index contributed by atoms with van der Waals surface area (Å²) >= 11 is 0. The minimum atomic E-state index is -0.756. The van der Waals surface area contributed by atoms with E-state index in [0.717, 1.165) is 25.9 Å². The van der Waals surface area contributed by atoms with Crippen LogP contribution in [-0.2, 0) is 9.59 Å². The maximum Gasteiger partial charge on any atom is 0.270 e. The number of nitro benzene ring substituents is 1. The van der Waals surface area contributed by atoms with Gasteiger partial charge in [0.1, 0.15) is 6.04 Å². The van der Waals surface area contributed by atoms with Crippen LogP contribution in [0, 0.1) is 10.1 Å². The van der Waals surface area contributed by atoms with Gasteiger partial charge in [-0.3, -0.25) is 29.4 Å². The molecule has 0 bridgehead atoms. The molecule has 10 nitrogen and oxygen atoms in total. The number of hydrogen-bond donors (Lipinski definition) is 1. The fraction of sp³-hybridized carbons (Fsp3) is 0.571. The monoisotopic (exact) mass is 431 g/mol. The van der Waals surface area contributed by atoms with E-state index in [-0.39, 0.29) is 23.1 Å². The van der Waals surface area contributed by atoms with Gasteiger partial charge < -0.3 is 15.1 Å². The van der Waals surface area contributed by atoms with E-state index >= 15 is 0 Å². The number of piperazine rings is 1.